The first-order valence-electron chi connectivity index (χ1n) is 8.25. The number of nitrogens with zero attached hydrogens (tertiary/aromatic N) is 2. The Labute approximate surface area is 147 Å². The Morgan fingerprint density at radius 1 is 1.32 bits per heavy atom. The van der Waals surface area contributed by atoms with Gasteiger partial charge in [0, 0.05) is 26.6 Å². The second-order valence-electron chi connectivity index (χ2n) is 6.30. The maximum atomic E-state index is 12.7. The monoisotopic (exact) mass is 342 g/mol. The summed E-state index contributed by atoms with van der Waals surface area (Å²) in [6.07, 6.45) is 1.84. The van der Waals surface area contributed by atoms with Crippen molar-refractivity contribution in [3.63, 3.8) is 0 Å². The minimum absolute atomic E-state index is 0.00685. The first-order valence-corrected chi connectivity index (χ1v) is 8.25. The molecule has 2 heterocycles. The van der Waals surface area contributed by atoms with Gasteiger partial charge in [0.2, 0.25) is 11.8 Å². The smallest absolute Gasteiger partial charge is 0.228 e. The highest BCUT2D eigenvalue weighted by atomic mass is 16.5. The maximum absolute atomic E-state index is 12.7. The van der Waals surface area contributed by atoms with Crippen LogP contribution in [-0.2, 0) is 22.7 Å². The van der Waals surface area contributed by atoms with Crippen molar-refractivity contribution in [3.8, 4) is 5.75 Å². The summed E-state index contributed by atoms with van der Waals surface area (Å²) in [6, 6.07) is 11.2. The van der Waals surface area contributed by atoms with Crippen LogP contribution in [-0.4, -0.2) is 42.3 Å². The molecule has 3 rings (SSSR count). The van der Waals surface area contributed by atoms with E-state index >= 15 is 0 Å². The van der Waals surface area contributed by atoms with E-state index in [-0.39, 0.29) is 24.2 Å². The molecule has 0 N–H and O–H groups in total. The fourth-order valence-electron chi connectivity index (χ4n) is 3.08. The molecule has 6 nitrogen and oxygen atoms in total. The van der Waals surface area contributed by atoms with Crippen molar-refractivity contribution in [1.82, 2.24) is 9.80 Å². The van der Waals surface area contributed by atoms with Gasteiger partial charge >= 0.3 is 0 Å². The molecule has 1 saturated heterocycles. The molecule has 25 heavy (non-hydrogen) atoms. The minimum atomic E-state index is -0.300. The van der Waals surface area contributed by atoms with Gasteiger partial charge in [0.15, 0.2) is 0 Å². The Morgan fingerprint density at radius 3 is 2.72 bits per heavy atom. The van der Waals surface area contributed by atoms with Crippen LogP contribution in [0.4, 0.5) is 0 Å². The molecular formula is C19H22N2O4. The molecule has 1 fully saturated rings. The Balaban J connectivity index is 1.57. The van der Waals surface area contributed by atoms with Crippen LogP contribution >= 0.6 is 0 Å². The molecule has 1 atom stereocenters. The summed E-state index contributed by atoms with van der Waals surface area (Å²) in [5.41, 5.74) is 1.02. The number of rotatable bonds is 6. The van der Waals surface area contributed by atoms with Crippen molar-refractivity contribution in [3.05, 3.63) is 54.0 Å². The van der Waals surface area contributed by atoms with Gasteiger partial charge in [-0.25, -0.2) is 0 Å². The van der Waals surface area contributed by atoms with Gasteiger partial charge in [0.05, 0.1) is 25.8 Å². The number of hydrogen-bond donors (Lipinski definition) is 0. The second-order valence-corrected chi connectivity index (χ2v) is 6.30. The van der Waals surface area contributed by atoms with Crippen molar-refractivity contribution < 1.29 is 18.7 Å². The fourth-order valence-corrected chi connectivity index (χ4v) is 3.08. The van der Waals surface area contributed by atoms with Crippen molar-refractivity contribution >= 4 is 11.8 Å². The summed E-state index contributed by atoms with van der Waals surface area (Å²) in [5.74, 6) is 1.20. The molecule has 0 radical (unpaired) electrons. The number of ether oxygens (including phenoxy) is 1. The number of amides is 2. The molecule has 1 unspecified atom stereocenters. The summed E-state index contributed by atoms with van der Waals surface area (Å²) in [5, 5.41) is 0. The molecule has 1 aromatic carbocycles. The first-order chi connectivity index (χ1) is 12.1. The van der Waals surface area contributed by atoms with Gasteiger partial charge in [-0.3, -0.25) is 9.59 Å². The normalized spacial score (nSPS) is 17.0. The van der Waals surface area contributed by atoms with Gasteiger partial charge in [0.1, 0.15) is 11.5 Å². The summed E-state index contributed by atoms with van der Waals surface area (Å²) in [6.45, 7) is 1.36. The SMILES string of the molecule is COc1ccc(CN(C)C(=O)C2CC(=O)N(Cc3ccco3)C2)cc1. The molecule has 2 aromatic rings. The Bertz CT molecular complexity index is 724. The molecule has 0 aliphatic carbocycles. The van der Waals surface area contributed by atoms with E-state index in [1.807, 2.05) is 30.3 Å². The summed E-state index contributed by atoms with van der Waals surface area (Å²) < 4.78 is 10.4. The summed E-state index contributed by atoms with van der Waals surface area (Å²) in [4.78, 5) is 28.2. The predicted molar refractivity (Wildman–Crippen MR) is 91.7 cm³/mol. The first kappa shape index (κ1) is 17.1. The van der Waals surface area contributed by atoms with Crippen LogP contribution in [0.5, 0.6) is 5.75 Å². The zero-order chi connectivity index (χ0) is 17.8. The molecule has 2 amide bonds. The van der Waals surface area contributed by atoms with Gasteiger partial charge in [0.25, 0.3) is 0 Å². The molecular weight excluding hydrogens is 320 g/mol. The third-order valence-corrected chi connectivity index (χ3v) is 4.45. The topological polar surface area (TPSA) is 63.0 Å². The van der Waals surface area contributed by atoms with E-state index in [0.717, 1.165) is 17.1 Å². The van der Waals surface area contributed by atoms with E-state index in [1.54, 1.807) is 36.3 Å². The summed E-state index contributed by atoms with van der Waals surface area (Å²) >= 11 is 0. The largest absolute Gasteiger partial charge is 0.497 e. The van der Waals surface area contributed by atoms with E-state index in [4.69, 9.17) is 9.15 Å². The number of furan rings is 1. The number of hydrogen-bond acceptors (Lipinski definition) is 4. The number of methoxy groups -OCH3 is 1. The van der Waals surface area contributed by atoms with Crippen LogP contribution in [0.3, 0.4) is 0 Å². The Hall–Kier alpha value is -2.76. The highest BCUT2D eigenvalue weighted by Gasteiger charge is 2.35. The van der Waals surface area contributed by atoms with Crippen LogP contribution in [0.25, 0.3) is 0 Å². The zero-order valence-electron chi connectivity index (χ0n) is 14.5. The van der Waals surface area contributed by atoms with Gasteiger partial charge < -0.3 is 19.0 Å². The van der Waals surface area contributed by atoms with Gasteiger partial charge in [-0.1, -0.05) is 12.1 Å². The number of carbonyl (C=O) groups excluding carboxylic acids is 2. The summed E-state index contributed by atoms with van der Waals surface area (Å²) in [7, 11) is 3.39. The number of benzene rings is 1. The second kappa shape index (κ2) is 7.42. The number of carbonyl (C=O) groups is 2. The molecule has 0 spiro atoms. The highest BCUT2D eigenvalue weighted by Crippen LogP contribution is 2.23. The molecule has 6 heteroatoms. The van der Waals surface area contributed by atoms with Crippen molar-refractivity contribution in [2.75, 3.05) is 20.7 Å². The lowest BCUT2D eigenvalue weighted by Crippen LogP contribution is -2.34. The quantitative estimate of drug-likeness (QED) is 0.808. The van der Waals surface area contributed by atoms with E-state index in [1.165, 1.54) is 0 Å². The van der Waals surface area contributed by atoms with E-state index < -0.39 is 0 Å². The van der Waals surface area contributed by atoms with Crippen LogP contribution in [0.2, 0.25) is 0 Å². The van der Waals surface area contributed by atoms with Gasteiger partial charge in [-0.2, -0.15) is 0 Å². The third kappa shape index (κ3) is 4.02. The Kier molecular flexibility index (Phi) is 5.07. The lowest BCUT2D eigenvalue weighted by atomic mass is 10.1. The van der Waals surface area contributed by atoms with Crippen LogP contribution in [0.15, 0.2) is 47.1 Å². The van der Waals surface area contributed by atoms with E-state index in [0.29, 0.717) is 19.6 Å². The Morgan fingerprint density at radius 2 is 2.08 bits per heavy atom. The molecule has 1 aromatic heterocycles. The van der Waals surface area contributed by atoms with E-state index in [2.05, 4.69) is 0 Å². The number of likely N-dealkylation sites (tertiary alicyclic amines) is 1. The zero-order valence-corrected chi connectivity index (χ0v) is 14.5. The lowest BCUT2D eigenvalue weighted by Gasteiger charge is -2.21. The van der Waals surface area contributed by atoms with Crippen molar-refractivity contribution in [1.29, 1.82) is 0 Å². The van der Waals surface area contributed by atoms with Crippen molar-refractivity contribution in [2.24, 2.45) is 5.92 Å². The molecule has 132 valence electrons. The van der Waals surface area contributed by atoms with Gasteiger partial charge in [-0.05, 0) is 29.8 Å². The average Bonchev–Trinajstić information content (AvgIpc) is 3.25. The molecule has 0 saturated carbocycles. The van der Waals surface area contributed by atoms with E-state index in [9.17, 15) is 9.59 Å². The van der Waals surface area contributed by atoms with Crippen LogP contribution in [0, 0.1) is 5.92 Å². The molecule has 1 aliphatic rings. The minimum Gasteiger partial charge on any atom is -0.497 e. The lowest BCUT2D eigenvalue weighted by molar-refractivity contribution is -0.135. The maximum Gasteiger partial charge on any atom is 0.228 e. The molecule has 0 bridgehead atoms. The van der Waals surface area contributed by atoms with Crippen LogP contribution in [0.1, 0.15) is 17.7 Å². The van der Waals surface area contributed by atoms with Gasteiger partial charge in [-0.15, -0.1) is 0 Å². The fraction of sp³-hybridized carbons (Fsp3) is 0.368. The molecule has 1 aliphatic heterocycles. The standard InChI is InChI=1S/C19H22N2O4/c1-20(11-14-5-7-16(24-2)8-6-14)19(23)15-10-18(22)21(12-15)13-17-4-3-9-25-17/h3-9,15H,10-13H2,1-2H3. The van der Waals surface area contributed by atoms with Crippen molar-refractivity contribution in [2.45, 2.75) is 19.5 Å². The highest BCUT2D eigenvalue weighted by molar-refractivity contribution is 5.89. The predicted octanol–water partition coefficient (Wildman–Crippen LogP) is 2.30. The average molecular weight is 342 g/mol. The van der Waals surface area contributed by atoms with Crippen LogP contribution < -0.4 is 4.74 Å². The third-order valence-electron chi connectivity index (χ3n) is 4.45.